The number of benzene rings is 1. The fourth-order valence-electron chi connectivity index (χ4n) is 7.75. The molecule has 4 aliphatic heterocycles. The molecule has 1 aliphatic carbocycles. The molecule has 0 amide bonds. The normalized spacial score (nSPS) is 33.4. The fourth-order valence-corrected chi connectivity index (χ4v) is 7.75. The molecule has 0 unspecified atom stereocenters. The minimum atomic E-state index is -0.809. The Bertz CT molecular complexity index is 1640. The highest BCUT2D eigenvalue weighted by Gasteiger charge is 2.69. The third-order valence-electron chi connectivity index (χ3n) is 10.2. The van der Waals surface area contributed by atoms with Crippen LogP contribution >= 0.6 is 0 Å². The van der Waals surface area contributed by atoms with Crippen LogP contribution in [-0.2, 0) is 41.7 Å². The summed E-state index contributed by atoms with van der Waals surface area (Å²) in [6, 6.07) is 6.57. The second-order valence-electron chi connectivity index (χ2n) is 13.2. The molecule has 46 heavy (non-hydrogen) atoms. The van der Waals surface area contributed by atoms with Crippen LogP contribution in [0.25, 0.3) is 11.0 Å². The van der Waals surface area contributed by atoms with Crippen molar-refractivity contribution in [3.8, 4) is 5.75 Å². The highest BCUT2D eigenvalue weighted by atomic mass is 17.3. The maximum Gasteiger partial charge on any atom is 0.351 e. The summed E-state index contributed by atoms with van der Waals surface area (Å²) in [6.07, 6.45) is 6.21. The Labute approximate surface area is 266 Å². The number of methoxy groups -OCH3 is 1. The van der Waals surface area contributed by atoms with Crippen LogP contribution in [0.4, 0.5) is 0 Å². The van der Waals surface area contributed by atoms with Crippen LogP contribution in [0.1, 0.15) is 68.9 Å². The monoisotopic (exact) mass is 639 g/mol. The highest BCUT2D eigenvalue weighted by molar-refractivity contribution is 5.92. The van der Waals surface area contributed by atoms with Gasteiger partial charge in [0, 0.05) is 55.3 Å². The quantitative estimate of drug-likeness (QED) is 0.134. The van der Waals surface area contributed by atoms with Gasteiger partial charge in [-0.25, -0.2) is 19.4 Å². The van der Waals surface area contributed by atoms with E-state index in [0.29, 0.717) is 61.2 Å². The van der Waals surface area contributed by atoms with Crippen molar-refractivity contribution in [1.82, 2.24) is 15.0 Å². The number of hydrogen-bond acceptors (Lipinski definition) is 12. The second-order valence-corrected chi connectivity index (χ2v) is 13.2. The number of ether oxygens (including phenoxy) is 5. The van der Waals surface area contributed by atoms with Gasteiger partial charge in [0.15, 0.2) is 18.2 Å². The molecule has 13 heteroatoms. The smallest absolute Gasteiger partial charge is 0.351 e. The van der Waals surface area contributed by atoms with Gasteiger partial charge in [0.05, 0.1) is 26.0 Å². The van der Waals surface area contributed by atoms with Gasteiger partial charge < -0.3 is 28.1 Å². The number of aryl methyl sites for hydroxylation is 1. The molecular weight excluding hydrogens is 598 g/mol. The van der Waals surface area contributed by atoms with Gasteiger partial charge in [-0.15, -0.1) is 5.10 Å². The molecule has 4 saturated heterocycles. The lowest BCUT2D eigenvalue weighted by molar-refractivity contribution is -0.577. The van der Waals surface area contributed by atoms with E-state index in [4.69, 9.17) is 33.1 Å². The number of hydrogen-bond donors (Lipinski definition) is 0. The van der Waals surface area contributed by atoms with E-state index in [1.807, 2.05) is 13.1 Å². The Morgan fingerprint density at radius 1 is 1.11 bits per heavy atom. The molecule has 2 bridgehead atoms. The summed E-state index contributed by atoms with van der Waals surface area (Å²) in [5.41, 5.74) is -0.342. The van der Waals surface area contributed by atoms with Crippen molar-refractivity contribution in [2.45, 2.75) is 89.8 Å². The molecule has 1 aromatic carbocycles. The van der Waals surface area contributed by atoms with Crippen molar-refractivity contribution in [2.75, 3.05) is 20.3 Å². The zero-order valence-corrected chi connectivity index (χ0v) is 26.6. The molecule has 0 radical (unpaired) electrons. The lowest BCUT2D eigenvalue weighted by atomic mass is 9.58. The molecule has 13 nitrogen and oxygen atoms in total. The van der Waals surface area contributed by atoms with Crippen LogP contribution in [0, 0.1) is 23.7 Å². The summed E-state index contributed by atoms with van der Waals surface area (Å²) >= 11 is 0. The van der Waals surface area contributed by atoms with Gasteiger partial charge in [-0.3, -0.25) is 4.68 Å². The van der Waals surface area contributed by atoms with Gasteiger partial charge in [0.25, 0.3) is 0 Å². The van der Waals surface area contributed by atoms with E-state index >= 15 is 0 Å². The number of fused-ring (bicyclic) bond motifs is 3. The Balaban J connectivity index is 0.893. The van der Waals surface area contributed by atoms with Gasteiger partial charge in [0.2, 0.25) is 5.79 Å². The molecule has 248 valence electrons. The molecule has 0 N–H and O–H groups in total. The van der Waals surface area contributed by atoms with Crippen LogP contribution in [0.5, 0.6) is 5.75 Å². The Kier molecular flexibility index (Phi) is 8.39. The summed E-state index contributed by atoms with van der Waals surface area (Å²) in [5, 5.41) is 9.16. The van der Waals surface area contributed by atoms with Crippen LogP contribution in [-0.4, -0.2) is 65.3 Å². The first-order chi connectivity index (χ1) is 22.2. The lowest BCUT2D eigenvalue weighted by Gasteiger charge is -2.60. The molecule has 1 spiro atoms. The Hall–Kier alpha value is -3.36. The first-order valence-electron chi connectivity index (χ1n) is 16.2. The fraction of sp³-hybridized carbons (Fsp3) is 0.636. The molecule has 5 aliphatic rings. The maximum atomic E-state index is 12.1. The van der Waals surface area contributed by atoms with Crippen LogP contribution in [0.3, 0.4) is 0 Å². The standard InChI is InChI=1S/C33H41N3O10/c1-19-6-9-26-20(2)30(43-31-33(26)25(19)10-12-32(3,44-31)45-46-33)41-15-11-22-18-36(35-34-22)13-5-14-40-23-8-7-21-16-24(28(37)39-4)29(38)42-27(21)17-23/h7-8,16-20,25-26,30-31H,5-6,9-15H2,1-4H3/t19-,20-,25+,26+,30+,31-,32-,33-/m1/s1. The molecule has 8 rings (SSSR count). The number of aromatic nitrogens is 3. The first-order valence-corrected chi connectivity index (χ1v) is 16.2. The zero-order chi connectivity index (χ0) is 32.1. The number of rotatable bonds is 10. The van der Waals surface area contributed by atoms with E-state index in [9.17, 15) is 9.59 Å². The molecule has 6 heterocycles. The van der Waals surface area contributed by atoms with Crippen molar-refractivity contribution >= 4 is 16.9 Å². The van der Waals surface area contributed by atoms with E-state index in [1.165, 1.54) is 13.2 Å². The predicted octanol–water partition coefficient (Wildman–Crippen LogP) is 4.41. The summed E-state index contributed by atoms with van der Waals surface area (Å²) in [4.78, 5) is 36.0. The van der Waals surface area contributed by atoms with Crippen molar-refractivity contribution in [2.24, 2.45) is 23.7 Å². The summed E-state index contributed by atoms with van der Waals surface area (Å²) < 4.78 is 36.8. The van der Waals surface area contributed by atoms with Crippen molar-refractivity contribution in [1.29, 1.82) is 0 Å². The van der Waals surface area contributed by atoms with Gasteiger partial charge in [0.1, 0.15) is 16.9 Å². The number of nitrogens with zero attached hydrogens (tertiary/aromatic N) is 3. The zero-order valence-electron chi connectivity index (χ0n) is 26.6. The molecule has 3 aromatic rings. The topological polar surface area (TPSA) is 143 Å². The van der Waals surface area contributed by atoms with E-state index in [1.54, 1.807) is 22.9 Å². The minimum Gasteiger partial charge on any atom is -0.493 e. The summed E-state index contributed by atoms with van der Waals surface area (Å²) in [6.45, 7) is 7.90. The van der Waals surface area contributed by atoms with E-state index in [2.05, 4.69) is 28.9 Å². The third-order valence-corrected chi connectivity index (χ3v) is 10.2. The predicted molar refractivity (Wildman–Crippen MR) is 160 cm³/mol. The minimum absolute atomic E-state index is 0.118. The van der Waals surface area contributed by atoms with Gasteiger partial charge >= 0.3 is 11.6 Å². The van der Waals surface area contributed by atoms with Crippen molar-refractivity contribution in [3.05, 3.63) is 52.1 Å². The first kappa shape index (κ1) is 31.3. The maximum absolute atomic E-state index is 12.1. The van der Waals surface area contributed by atoms with Gasteiger partial charge in [-0.2, -0.15) is 0 Å². The SMILES string of the molecule is COC(=O)c1cc2ccc(OCCCn3cc(CCO[C@H]4O[C@@H]5O[C@@]6(C)CC[C@H]7[C@H](C)CC[C@@H]([C@H]4C)[C@@]57OO6)nn3)cc2oc1=O. The largest absolute Gasteiger partial charge is 0.493 e. The average Bonchev–Trinajstić information content (AvgIpc) is 3.38. The number of carbonyl (C=O) groups is 1. The molecular formula is C33H41N3O10. The molecule has 5 fully saturated rings. The van der Waals surface area contributed by atoms with Gasteiger partial charge in [-0.05, 0) is 56.2 Å². The molecule has 2 aromatic heterocycles. The van der Waals surface area contributed by atoms with E-state index < -0.39 is 35.6 Å². The summed E-state index contributed by atoms with van der Waals surface area (Å²) in [5.74, 6) is 0.179. The van der Waals surface area contributed by atoms with Crippen molar-refractivity contribution < 1.29 is 42.7 Å². The lowest BCUT2D eigenvalue weighted by Crippen LogP contribution is -2.70. The molecule has 1 saturated carbocycles. The third kappa shape index (κ3) is 5.62. The molecule has 8 atom stereocenters. The average molecular weight is 640 g/mol. The Morgan fingerprint density at radius 2 is 1.98 bits per heavy atom. The number of esters is 1. The second kappa shape index (κ2) is 12.3. The van der Waals surface area contributed by atoms with Crippen molar-refractivity contribution in [3.63, 3.8) is 0 Å². The number of carbonyl (C=O) groups excluding carboxylic acids is 1. The van der Waals surface area contributed by atoms with Crippen LogP contribution in [0.2, 0.25) is 0 Å². The van der Waals surface area contributed by atoms with E-state index in [-0.39, 0.29) is 17.4 Å². The Morgan fingerprint density at radius 3 is 2.83 bits per heavy atom. The van der Waals surface area contributed by atoms with Crippen LogP contribution < -0.4 is 10.4 Å². The van der Waals surface area contributed by atoms with Crippen LogP contribution in [0.15, 0.2) is 39.7 Å². The van der Waals surface area contributed by atoms with Gasteiger partial charge in [-0.1, -0.05) is 19.1 Å². The summed E-state index contributed by atoms with van der Waals surface area (Å²) in [7, 11) is 1.21. The highest BCUT2D eigenvalue weighted by Crippen LogP contribution is 2.60. The van der Waals surface area contributed by atoms with E-state index in [0.717, 1.165) is 31.4 Å².